The maximum Gasteiger partial charge on any atom is 0.129 e. The monoisotopic (exact) mass is 250 g/mol. The molecule has 3 unspecified atom stereocenters. The number of benzene rings is 1. The van der Waals surface area contributed by atoms with Gasteiger partial charge < -0.3 is 5.11 Å². The predicted molar refractivity (Wildman–Crippen MR) is 71.9 cm³/mol. The minimum absolute atomic E-state index is 0.0992. The van der Waals surface area contributed by atoms with E-state index in [9.17, 15) is 9.50 Å². The Bertz CT molecular complexity index is 431. The van der Waals surface area contributed by atoms with Crippen LogP contribution in [-0.2, 0) is 5.60 Å². The third-order valence-electron chi connectivity index (χ3n) is 4.69. The topological polar surface area (TPSA) is 20.2 Å². The molecular formula is C16H23FO. The van der Waals surface area contributed by atoms with Crippen molar-refractivity contribution in [1.82, 2.24) is 0 Å². The lowest BCUT2D eigenvalue weighted by atomic mass is 9.66. The van der Waals surface area contributed by atoms with Gasteiger partial charge in [-0.1, -0.05) is 26.3 Å². The summed E-state index contributed by atoms with van der Waals surface area (Å²) in [6, 6.07) is 3.49. The molecule has 0 radical (unpaired) electrons. The molecule has 1 aromatic rings. The van der Waals surface area contributed by atoms with Crippen LogP contribution < -0.4 is 0 Å². The van der Waals surface area contributed by atoms with Crippen LogP contribution >= 0.6 is 0 Å². The molecule has 1 aromatic carbocycles. The van der Waals surface area contributed by atoms with Gasteiger partial charge in [0.25, 0.3) is 0 Å². The highest BCUT2D eigenvalue weighted by atomic mass is 19.1. The lowest BCUT2D eigenvalue weighted by Gasteiger charge is -2.43. The van der Waals surface area contributed by atoms with Crippen LogP contribution in [0.25, 0.3) is 0 Å². The molecule has 1 N–H and O–H groups in total. The number of rotatable bonds is 1. The smallest absolute Gasteiger partial charge is 0.129 e. The Kier molecular flexibility index (Phi) is 3.50. The normalized spacial score (nSPS) is 32.6. The zero-order valence-corrected chi connectivity index (χ0v) is 11.8. The molecular weight excluding hydrogens is 227 g/mol. The molecule has 1 aliphatic carbocycles. The fourth-order valence-corrected chi connectivity index (χ4v) is 3.46. The first-order valence-electron chi connectivity index (χ1n) is 6.86. The molecule has 1 saturated carbocycles. The Morgan fingerprint density at radius 1 is 1.28 bits per heavy atom. The van der Waals surface area contributed by atoms with Crippen molar-refractivity contribution in [2.24, 2.45) is 11.8 Å². The fourth-order valence-electron chi connectivity index (χ4n) is 3.46. The van der Waals surface area contributed by atoms with Crippen LogP contribution in [-0.4, -0.2) is 5.11 Å². The standard InChI is InChI=1S/C16H23FO/c1-10-8-12(3)15(14(17)9-10)16(18)7-5-6-11(2)13(16)4/h8-9,11,13,18H,5-7H2,1-4H3. The summed E-state index contributed by atoms with van der Waals surface area (Å²) in [7, 11) is 0. The molecule has 18 heavy (non-hydrogen) atoms. The molecule has 0 heterocycles. The van der Waals surface area contributed by atoms with Gasteiger partial charge in [-0.25, -0.2) is 4.39 Å². The van der Waals surface area contributed by atoms with E-state index in [1.807, 2.05) is 26.8 Å². The van der Waals surface area contributed by atoms with E-state index in [1.54, 1.807) is 0 Å². The highest BCUT2D eigenvalue weighted by Crippen LogP contribution is 2.46. The summed E-state index contributed by atoms with van der Waals surface area (Å²) in [4.78, 5) is 0. The van der Waals surface area contributed by atoms with E-state index in [-0.39, 0.29) is 11.7 Å². The summed E-state index contributed by atoms with van der Waals surface area (Å²) in [5, 5.41) is 11.0. The van der Waals surface area contributed by atoms with Crippen molar-refractivity contribution < 1.29 is 9.50 Å². The average molecular weight is 250 g/mol. The van der Waals surface area contributed by atoms with E-state index in [0.717, 1.165) is 24.0 Å². The van der Waals surface area contributed by atoms with Gasteiger partial charge in [-0.3, -0.25) is 0 Å². The summed E-state index contributed by atoms with van der Waals surface area (Å²) in [5.74, 6) is 0.280. The zero-order valence-electron chi connectivity index (χ0n) is 11.8. The lowest BCUT2D eigenvalue weighted by Crippen LogP contribution is -2.41. The molecule has 0 bridgehead atoms. The second kappa shape index (κ2) is 4.65. The molecule has 1 nitrogen and oxygen atoms in total. The van der Waals surface area contributed by atoms with E-state index in [1.165, 1.54) is 6.07 Å². The van der Waals surface area contributed by atoms with E-state index >= 15 is 0 Å². The number of aliphatic hydroxyl groups is 1. The van der Waals surface area contributed by atoms with Crippen molar-refractivity contribution >= 4 is 0 Å². The summed E-state index contributed by atoms with van der Waals surface area (Å²) in [6.45, 7) is 7.98. The Morgan fingerprint density at radius 2 is 1.94 bits per heavy atom. The van der Waals surface area contributed by atoms with Gasteiger partial charge in [-0.05, 0) is 55.7 Å². The van der Waals surface area contributed by atoms with Crippen LogP contribution in [0.4, 0.5) is 4.39 Å². The zero-order chi connectivity index (χ0) is 13.5. The number of halogens is 1. The van der Waals surface area contributed by atoms with Crippen LogP contribution in [0.3, 0.4) is 0 Å². The molecule has 2 rings (SSSR count). The van der Waals surface area contributed by atoms with Crippen LogP contribution in [0, 0.1) is 31.5 Å². The Balaban J connectivity index is 2.53. The van der Waals surface area contributed by atoms with E-state index in [0.29, 0.717) is 17.9 Å². The molecule has 3 atom stereocenters. The van der Waals surface area contributed by atoms with Gasteiger partial charge in [0.2, 0.25) is 0 Å². The maximum absolute atomic E-state index is 14.3. The van der Waals surface area contributed by atoms with Crippen LogP contribution in [0.15, 0.2) is 12.1 Å². The minimum atomic E-state index is -1.00. The Hall–Kier alpha value is -0.890. The van der Waals surface area contributed by atoms with Crippen LogP contribution in [0.2, 0.25) is 0 Å². The van der Waals surface area contributed by atoms with Gasteiger partial charge in [0, 0.05) is 5.56 Å². The largest absolute Gasteiger partial charge is 0.385 e. The third-order valence-corrected chi connectivity index (χ3v) is 4.69. The number of hydrogen-bond donors (Lipinski definition) is 1. The first kappa shape index (κ1) is 13.5. The van der Waals surface area contributed by atoms with Gasteiger partial charge in [0.15, 0.2) is 0 Å². The molecule has 0 saturated heterocycles. The second-order valence-corrected chi connectivity index (χ2v) is 6.02. The summed E-state index contributed by atoms with van der Waals surface area (Å²) in [5.41, 5.74) is 1.30. The predicted octanol–water partition coefficient (Wildman–Crippen LogP) is 4.09. The second-order valence-electron chi connectivity index (χ2n) is 6.02. The Labute approximate surface area is 109 Å². The molecule has 2 heteroatoms. The molecule has 0 spiro atoms. The van der Waals surface area contributed by atoms with E-state index < -0.39 is 5.60 Å². The quantitative estimate of drug-likeness (QED) is 0.796. The van der Waals surface area contributed by atoms with E-state index in [2.05, 4.69) is 6.92 Å². The van der Waals surface area contributed by atoms with Gasteiger partial charge in [-0.2, -0.15) is 0 Å². The molecule has 0 aromatic heterocycles. The summed E-state index contributed by atoms with van der Waals surface area (Å²) < 4.78 is 14.3. The summed E-state index contributed by atoms with van der Waals surface area (Å²) >= 11 is 0. The highest BCUT2D eigenvalue weighted by molar-refractivity contribution is 5.37. The molecule has 1 aliphatic rings. The van der Waals surface area contributed by atoms with Crippen molar-refractivity contribution in [1.29, 1.82) is 0 Å². The highest BCUT2D eigenvalue weighted by Gasteiger charge is 2.43. The van der Waals surface area contributed by atoms with Gasteiger partial charge in [-0.15, -0.1) is 0 Å². The van der Waals surface area contributed by atoms with Crippen molar-refractivity contribution in [3.05, 3.63) is 34.6 Å². The number of hydrogen-bond acceptors (Lipinski definition) is 1. The van der Waals surface area contributed by atoms with Gasteiger partial charge in [0.05, 0.1) is 5.60 Å². The van der Waals surface area contributed by atoms with Crippen molar-refractivity contribution in [2.45, 2.75) is 52.6 Å². The van der Waals surface area contributed by atoms with E-state index in [4.69, 9.17) is 0 Å². The third kappa shape index (κ3) is 2.07. The minimum Gasteiger partial charge on any atom is -0.385 e. The Morgan fingerprint density at radius 3 is 2.56 bits per heavy atom. The number of aryl methyl sites for hydroxylation is 2. The lowest BCUT2D eigenvalue weighted by molar-refractivity contribution is -0.0717. The summed E-state index contributed by atoms with van der Waals surface area (Å²) in [6.07, 6.45) is 2.75. The van der Waals surface area contributed by atoms with Crippen molar-refractivity contribution in [3.8, 4) is 0 Å². The fraction of sp³-hybridized carbons (Fsp3) is 0.625. The molecule has 0 amide bonds. The first-order chi connectivity index (χ1) is 8.36. The van der Waals surface area contributed by atoms with Crippen LogP contribution in [0.1, 0.15) is 49.8 Å². The van der Waals surface area contributed by atoms with Crippen molar-refractivity contribution in [2.75, 3.05) is 0 Å². The van der Waals surface area contributed by atoms with Crippen molar-refractivity contribution in [3.63, 3.8) is 0 Å². The maximum atomic E-state index is 14.3. The van der Waals surface area contributed by atoms with Gasteiger partial charge >= 0.3 is 0 Å². The first-order valence-corrected chi connectivity index (χ1v) is 6.86. The average Bonchev–Trinajstić information content (AvgIpc) is 2.24. The SMILES string of the molecule is Cc1cc(C)c(C2(O)CCCC(C)C2C)c(F)c1. The molecule has 1 fully saturated rings. The van der Waals surface area contributed by atoms with Gasteiger partial charge in [0.1, 0.15) is 5.82 Å². The van der Waals surface area contributed by atoms with Crippen LogP contribution in [0.5, 0.6) is 0 Å². The molecule has 100 valence electrons. The molecule has 0 aliphatic heterocycles.